The van der Waals surface area contributed by atoms with E-state index in [0.717, 1.165) is 13.1 Å². The molecule has 1 aliphatic rings. The number of hydrogen-bond acceptors (Lipinski definition) is 6. The molecule has 0 unspecified atom stereocenters. The van der Waals surface area contributed by atoms with Crippen LogP contribution in [0.2, 0.25) is 0 Å². The molecule has 1 atom stereocenters. The van der Waals surface area contributed by atoms with Gasteiger partial charge in [0.15, 0.2) is 0 Å². The molecular weight excluding hydrogens is 408 g/mol. The largest absolute Gasteiger partial charge is 0.507 e. The number of Topliss-reactive ketones (excluding diaryl/α,β-unsaturated/α-hetero) is 1. The van der Waals surface area contributed by atoms with Crippen molar-refractivity contribution in [3.8, 4) is 11.5 Å². The molecule has 7 nitrogen and oxygen atoms in total. The van der Waals surface area contributed by atoms with E-state index in [4.69, 9.17) is 9.47 Å². The van der Waals surface area contributed by atoms with Crippen LogP contribution in [0.5, 0.6) is 11.5 Å². The number of ketones is 1. The normalized spacial score (nSPS) is 17.8. The van der Waals surface area contributed by atoms with Crippen molar-refractivity contribution in [2.45, 2.75) is 19.9 Å². The molecule has 1 heterocycles. The van der Waals surface area contributed by atoms with E-state index in [1.165, 1.54) is 0 Å². The molecule has 0 radical (unpaired) electrons. The molecule has 170 valence electrons. The van der Waals surface area contributed by atoms with Gasteiger partial charge in [0.2, 0.25) is 0 Å². The zero-order valence-corrected chi connectivity index (χ0v) is 19.0. The van der Waals surface area contributed by atoms with Crippen molar-refractivity contribution in [1.29, 1.82) is 0 Å². The number of hydrogen-bond donors (Lipinski definition) is 1. The van der Waals surface area contributed by atoms with Crippen molar-refractivity contribution >= 4 is 17.4 Å². The van der Waals surface area contributed by atoms with Gasteiger partial charge in [-0.05, 0) is 55.1 Å². The van der Waals surface area contributed by atoms with Gasteiger partial charge < -0.3 is 24.4 Å². The molecule has 0 aromatic heterocycles. The van der Waals surface area contributed by atoms with Crippen LogP contribution in [-0.2, 0) is 9.59 Å². The van der Waals surface area contributed by atoms with Gasteiger partial charge >= 0.3 is 0 Å². The van der Waals surface area contributed by atoms with Gasteiger partial charge in [-0.15, -0.1) is 0 Å². The van der Waals surface area contributed by atoms with Crippen LogP contribution in [-0.4, -0.2) is 67.0 Å². The summed E-state index contributed by atoms with van der Waals surface area (Å²) in [4.78, 5) is 29.9. The minimum absolute atomic E-state index is 0.0768. The minimum atomic E-state index is -0.706. The molecule has 0 spiro atoms. The van der Waals surface area contributed by atoms with Crippen LogP contribution >= 0.6 is 0 Å². The van der Waals surface area contributed by atoms with Gasteiger partial charge in [0, 0.05) is 18.7 Å². The summed E-state index contributed by atoms with van der Waals surface area (Å²) in [6, 6.07) is 13.3. The van der Waals surface area contributed by atoms with Gasteiger partial charge in [0.25, 0.3) is 11.7 Å². The average molecular weight is 439 g/mol. The number of aliphatic hydroxyl groups is 1. The van der Waals surface area contributed by atoms with Gasteiger partial charge in [0.1, 0.15) is 17.3 Å². The maximum Gasteiger partial charge on any atom is 0.295 e. The van der Waals surface area contributed by atoms with Gasteiger partial charge in [-0.3, -0.25) is 9.59 Å². The van der Waals surface area contributed by atoms with E-state index in [9.17, 15) is 14.7 Å². The maximum absolute atomic E-state index is 13.1. The second-order valence-corrected chi connectivity index (χ2v) is 7.52. The van der Waals surface area contributed by atoms with E-state index in [1.807, 2.05) is 12.1 Å². The number of carbonyl (C=O) groups excluding carboxylic acids is 2. The second kappa shape index (κ2) is 10.3. The van der Waals surface area contributed by atoms with E-state index in [0.29, 0.717) is 35.7 Å². The summed E-state index contributed by atoms with van der Waals surface area (Å²) in [6.07, 6.45) is 0. The summed E-state index contributed by atoms with van der Waals surface area (Å²) < 4.78 is 10.5. The van der Waals surface area contributed by atoms with Crippen molar-refractivity contribution < 1.29 is 24.2 Å². The summed E-state index contributed by atoms with van der Waals surface area (Å²) in [5.74, 6) is -0.262. The number of benzene rings is 2. The van der Waals surface area contributed by atoms with E-state index in [1.54, 1.807) is 55.5 Å². The van der Waals surface area contributed by atoms with Crippen LogP contribution in [0.25, 0.3) is 5.76 Å². The fraction of sp³-hybridized carbons (Fsp3) is 0.360. The number of amides is 1. The first kappa shape index (κ1) is 23.3. The fourth-order valence-corrected chi connectivity index (χ4v) is 3.96. The van der Waals surface area contributed by atoms with Crippen molar-refractivity contribution in [3.05, 3.63) is 65.2 Å². The third-order valence-corrected chi connectivity index (χ3v) is 5.86. The Morgan fingerprint density at radius 3 is 2.25 bits per heavy atom. The molecule has 7 heteroatoms. The molecule has 2 aromatic rings. The summed E-state index contributed by atoms with van der Waals surface area (Å²) >= 11 is 0. The fourth-order valence-electron chi connectivity index (χ4n) is 3.96. The first-order valence-corrected chi connectivity index (χ1v) is 10.7. The van der Waals surface area contributed by atoms with Crippen LogP contribution < -0.4 is 9.47 Å². The number of likely N-dealkylation sites (N-methyl/N-ethyl adjacent to an activating group) is 1. The molecule has 1 amide bonds. The van der Waals surface area contributed by atoms with Crippen LogP contribution in [0.4, 0.5) is 0 Å². The number of rotatable bonds is 9. The lowest BCUT2D eigenvalue weighted by atomic mass is 9.95. The Bertz CT molecular complexity index is 996. The van der Waals surface area contributed by atoms with Gasteiger partial charge in [-0.25, -0.2) is 0 Å². The molecular formula is C25H30N2O5. The summed E-state index contributed by atoms with van der Waals surface area (Å²) in [5, 5.41) is 11.1. The van der Waals surface area contributed by atoms with Crippen molar-refractivity contribution in [3.63, 3.8) is 0 Å². The molecule has 3 rings (SSSR count). The van der Waals surface area contributed by atoms with E-state index in [-0.39, 0.29) is 11.3 Å². The quantitative estimate of drug-likeness (QED) is 0.367. The van der Waals surface area contributed by atoms with Gasteiger partial charge in [-0.1, -0.05) is 26.0 Å². The van der Waals surface area contributed by atoms with Crippen molar-refractivity contribution in [2.75, 3.05) is 40.4 Å². The highest BCUT2D eigenvalue weighted by atomic mass is 16.5. The summed E-state index contributed by atoms with van der Waals surface area (Å²) in [6.45, 7) is 6.80. The number of aliphatic hydroxyl groups excluding tert-OH is 1. The van der Waals surface area contributed by atoms with Crippen LogP contribution in [0.3, 0.4) is 0 Å². The number of nitrogens with zero attached hydrogens (tertiary/aromatic N) is 2. The maximum atomic E-state index is 13.1. The molecule has 1 N–H and O–H groups in total. The zero-order valence-electron chi connectivity index (χ0n) is 19.0. The number of likely N-dealkylation sites (tertiary alicyclic amines) is 1. The Morgan fingerprint density at radius 2 is 1.66 bits per heavy atom. The molecule has 0 aliphatic carbocycles. The predicted octanol–water partition coefficient (Wildman–Crippen LogP) is 3.47. The number of methoxy groups -OCH3 is 2. The van der Waals surface area contributed by atoms with E-state index in [2.05, 4.69) is 18.7 Å². The molecule has 2 aromatic carbocycles. The Balaban J connectivity index is 2.10. The van der Waals surface area contributed by atoms with Crippen LogP contribution in [0.1, 0.15) is 31.0 Å². The third-order valence-electron chi connectivity index (χ3n) is 5.86. The zero-order chi connectivity index (χ0) is 23.3. The highest BCUT2D eigenvalue weighted by Crippen LogP contribution is 2.40. The average Bonchev–Trinajstić information content (AvgIpc) is 3.09. The first-order valence-electron chi connectivity index (χ1n) is 10.7. The van der Waals surface area contributed by atoms with Gasteiger partial charge in [-0.2, -0.15) is 0 Å². The van der Waals surface area contributed by atoms with E-state index >= 15 is 0 Å². The standard InChI is InChI=1S/C25H30N2O5/c1-5-26(6-2)14-15-27-22(18-8-7-9-20(16-18)32-4)21(24(29)25(27)30)23(28)17-10-12-19(31-3)13-11-17/h7-13,16,22,28H,5-6,14-15H2,1-4H3/b23-21+/t22-/m0/s1. The lowest BCUT2D eigenvalue weighted by molar-refractivity contribution is -0.140. The lowest BCUT2D eigenvalue weighted by Gasteiger charge is -2.28. The van der Waals surface area contributed by atoms with Crippen LogP contribution in [0.15, 0.2) is 54.1 Å². The summed E-state index contributed by atoms with van der Waals surface area (Å²) in [5.41, 5.74) is 1.23. The Labute approximate surface area is 188 Å². The molecule has 0 saturated carbocycles. The van der Waals surface area contributed by atoms with Crippen molar-refractivity contribution in [2.24, 2.45) is 0 Å². The first-order chi connectivity index (χ1) is 15.4. The summed E-state index contributed by atoms with van der Waals surface area (Å²) in [7, 11) is 3.12. The van der Waals surface area contributed by atoms with Crippen LogP contribution in [0, 0.1) is 0 Å². The molecule has 1 fully saturated rings. The SMILES string of the molecule is CCN(CC)CCN1C(=O)C(=O)/C(=C(/O)c2ccc(OC)cc2)[C@@H]1c1cccc(OC)c1. The minimum Gasteiger partial charge on any atom is -0.507 e. The monoisotopic (exact) mass is 438 g/mol. The topological polar surface area (TPSA) is 79.3 Å². The Morgan fingerprint density at radius 1 is 1.00 bits per heavy atom. The van der Waals surface area contributed by atoms with Crippen molar-refractivity contribution in [1.82, 2.24) is 9.80 Å². The third kappa shape index (κ3) is 4.62. The second-order valence-electron chi connectivity index (χ2n) is 7.52. The molecule has 32 heavy (non-hydrogen) atoms. The highest BCUT2D eigenvalue weighted by Gasteiger charge is 2.46. The Hall–Kier alpha value is -3.32. The molecule has 1 aliphatic heterocycles. The van der Waals surface area contributed by atoms with E-state index < -0.39 is 17.7 Å². The predicted molar refractivity (Wildman–Crippen MR) is 123 cm³/mol. The Kier molecular flexibility index (Phi) is 7.53. The molecule has 1 saturated heterocycles. The number of carbonyl (C=O) groups is 2. The molecule has 0 bridgehead atoms. The number of ether oxygens (including phenoxy) is 2. The lowest BCUT2D eigenvalue weighted by Crippen LogP contribution is -2.38. The smallest absolute Gasteiger partial charge is 0.295 e. The highest BCUT2D eigenvalue weighted by molar-refractivity contribution is 6.46. The van der Waals surface area contributed by atoms with Gasteiger partial charge in [0.05, 0.1) is 25.8 Å².